The van der Waals surface area contributed by atoms with E-state index in [4.69, 9.17) is 9.90 Å². The topological polar surface area (TPSA) is 61.4 Å². The van der Waals surface area contributed by atoms with Crippen LogP contribution >= 0.6 is 0 Å². The predicted octanol–water partition coefficient (Wildman–Crippen LogP) is 4.36. The molecule has 0 amide bonds. The zero-order valence-electron chi connectivity index (χ0n) is 16.3. The summed E-state index contributed by atoms with van der Waals surface area (Å²) in [5.74, 6) is -0.833. The maximum absolute atomic E-state index is 9.00. The molecule has 4 heteroatoms. The molecule has 0 aliphatic heterocycles. The van der Waals surface area contributed by atoms with Crippen molar-refractivity contribution in [2.75, 3.05) is 0 Å². The van der Waals surface area contributed by atoms with Crippen LogP contribution in [-0.2, 0) is 31.0 Å². The van der Waals surface area contributed by atoms with E-state index in [1.54, 1.807) is 0 Å². The maximum Gasteiger partial charge on any atom is 0.300 e. The van der Waals surface area contributed by atoms with Crippen LogP contribution in [0.25, 0.3) is 0 Å². The van der Waals surface area contributed by atoms with Crippen molar-refractivity contribution in [3.05, 3.63) is 107 Å². The molecule has 3 aromatic carbocycles. The first-order chi connectivity index (χ1) is 13.6. The van der Waals surface area contributed by atoms with Gasteiger partial charge in [0.05, 0.1) is 0 Å². The first kappa shape index (κ1) is 21.4. The van der Waals surface area contributed by atoms with Gasteiger partial charge in [-0.05, 0) is 22.3 Å². The van der Waals surface area contributed by atoms with Crippen LogP contribution in [0.1, 0.15) is 29.2 Å². The highest BCUT2D eigenvalue weighted by atomic mass is 16.4. The number of hydrogen-bond donors (Lipinski definition) is 3. The highest BCUT2D eigenvalue weighted by Gasteiger charge is 1.97. The summed E-state index contributed by atoms with van der Waals surface area (Å²) in [5, 5.41) is 14.4. The van der Waals surface area contributed by atoms with Crippen LogP contribution in [0.15, 0.2) is 84.9 Å². The van der Waals surface area contributed by atoms with Crippen LogP contribution in [0, 0.1) is 0 Å². The number of rotatable bonds is 8. The molecule has 0 saturated heterocycles. The third-order valence-corrected chi connectivity index (χ3v) is 4.03. The summed E-state index contributed by atoms with van der Waals surface area (Å²) >= 11 is 0. The number of carboxylic acid groups (broad SMARTS) is 1. The van der Waals surface area contributed by atoms with Gasteiger partial charge in [0.1, 0.15) is 0 Å². The summed E-state index contributed by atoms with van der Waals surface area (Å²) in [6, 6.07) is 29.8. The van der Waals surface area contributed by atoms with Gasteiger partial charge < -0.3 is 15.7 Å². The summed E-state index contributed by atoms with van der Waals surface area (Å²) < 4.78 is 0. The Bertz CT molecular complexity index is 735. The van der Waals surface area contributed by atoms with Crippen LogP contribution in [0.5, 0.6) is 0 Å². The van der Waals surface area contributed by atoms with Gasteiger partial charge in [-0.25, -0.2) is 0 Å². The van der Waals surface area contributed by atoms with Crippen molar-refractivity contribution < 1.29 is 9.90 Å². The van der Waals surface area contributed by atoms with Crippen LogP contribution in [0.3, 0.4) is 0 Å². The monoisotopic (exact) mass is 376 g/mol. The maximum atomic E-state index is 9.00. The number of carbonyl (C=O) groups is 1. The fraction of sp³-hybridized carbons (Fsp3) is 0.208. The van der Waals surface area contributed by atoms with Gasteiger partial charge in [-0.3, -0.25) is 4.79 Å². The molecule has 4 nitrogen and oxygen atoms in total. The third kappa shape index (κ3) is 9.12. The smallest absolute Gasteiger partial charge is 0.300 e. The molecule has 0 bridgehead atoms. The van der Waals surface area contributed by atoms with Crippen molar-refractivity contribution in [2.45, 2.75) is 33.1 Å². The average molecular weight is 376 g/mol. The molecule has 3 aromatic rings. The van der Waals surface area contributed by atoms with Gasteiger partial charge in [-0.1, -0.05) is 84.9 Å². The molecule has 0 aromatic heterocycles. The number of aliphatic carboxylic acids is 1. The first-order valence-corrected chi connectivity index (χ1v) is 9.40. The Morgan fingerprint density at radius 2 is 0.857 bits per heavy atom. The van der Waals surface area contributed by atoms with E-state index in [0.717, 1.165) is 33.1 Å². The summed E-state index contributed by atoms with van der Waals surface area (Å²) in [4.78, 5) is 9.00. The highest BCUT2D eigenvalue weighted by Crippen LogP contribution is 2.06. The Morgan fingerprint density at radius 3 is 1.14 bits per heavy atom. The number of hydrogen-bond acceptors (Lipinski definition) is 3. The zero-order valence-corrected chi connectivity index (χ0v) is 16.3. The van der Waals surface area contributed by atoms with Crippen molar-refractivity contribution in [1.82, 2.24) is 10.6 Å². The van der Waals surface area contributed by atoms with E-state index in [-0.39, 0.29) is 0 Å². The van der Waals surface area contributed by atoms with E-state index in [0.29, 0.717) is 0 Å². The normalized spacial score (nSPS) is 10.0. The molecule has 0 atom stereocenters. The SMILES string of the molecule is CC(=O)O.c1ccc(CNCc2ccc(CNCc3ccccc3)cc2)cc1. The average Bonchev–Trinajstić information content (AvgIpc) is 2.70. The lowest BCUT2D eigenvalue weighted by atomic mass is 10.1. The molecule has 0 aliphatic rings. The van der Waals surface area contributed by atoms with Crippen molar-refractivity contribution in [2.24, 2.45) is 0 Å². The summed E-state index contributed by atoms with van der Waals surface area (Å²) in [7, 11) is 0. The van der Waals surface area contributed by atoms with Gasteiger partial charge in [-0.2, -0.15) is 0 Å². The quantitative estimate of drug-likeness (QED) is 0.547. The highest BCUT2D eigenvalue weighted by molar-refractivity contribution is 5.62. The minimum Gasteiger partial charge on any atom is -0.481 e. The molecule has 0 radical (unpaired) electrons. The van der Waals surface area contributed by atoms with Gasteiger partial charge in [-0.15, -0.1) is 0 Å². The van der Waals surface area contributed by atoms with Crippen molar-refractivity contribution in [3.63, 3.8) is 0 Å². The lowest BCUT2D eigenvalue weighted by molar-refractivity contribution is -0.134. The Labute approximate surface area is 167 Å². The summed E-state index contributed by atoms with van der Waals surface area (Å²) in [6.45, 7) is 4.68. The largest absolute Gasteiger partial charge is 0.481 e. The van der Waals surface area contributed by atoms with Crippen LogP contribution in [-0.4, -0.2) is 11.1 Å². The number of carboxylic acids is 1. The van der Waals surface area contributed by atoms with Gasteiger partial charge in [0, 0.05) is 33.1 Å². The lowest BCUT2D eigenvalue weighted by Crippen LogP contribution is -2.14. The van der Waals surface area contributed by atoms with Crippen molar-refractivity contribution >= 4 is 5.97 Å². The van der Waals surface area contributed by atoms with Crippen molar-refractivity contribution in [1.29, 1.82) is 0 Å². The van der Waals surface area contributed by atoms with Crippen LogP contribution in [0.4, 0.5) is 0 Å². The second kappa shape index (κ2) is 12.4. The van der Waals surface area contributed by atoms with Gasteiger partial charge in [0.15, 0.2) is 0 Å². The third-order valence-electron chi connectivity index (χ3n) is 4.03. The van der Waals surface area contributed by atoms with Crippen molar-refractivity contribution in [3.8, 4) is 0 Å². The molecule has 0 heterocycles. The minimum absolute atomic E-state index is 0.833. The summed E-state index contributed by atoms with van der Waals surface area (Å²) in [5.41, 5.74) is 5.27. The van der Waals surface area contributed by atoms with E-state index >= 15 is 0 Å². The van der Waals surface area contributed by atoms with Gasteiger partial charge in [0.25, 0.3) is 5.97 Å². The standard InChI is InChI=1S/C22H24N2.C2H4O2/c1-3-7-19(8-4-1)15-23-17-21-11-13-22(14-12-21)18-24-16-20-9-5-2-6-10-20;1-2(3)4/h1-14,23-24H,15-18H2;1H3,(H,3,4). The number of benzene rings is 3. The molecule has 28 heavy (non-hydrogen) atoms. The first-order valence-electron chi connectivity index (χ1n) is 9.40. The molecule has 0 spiro atoms. The van der Waals surface area contributed by atoms with Crippen LogP contribution in [0.2, 0.25) is 0 Å². The fourth-order valence-corrected chi connectivity index (χ4v) is 2.67. The van der Waals surface area contributed by atoms with E-state index in [2.05, 4.69) is 83.4 Å². The predicted molar refractivity (Wildman–Crippen MR) is 114 cm³/mol. The molecule has 146 valence electrons. The summed E-state index contributed by atoms with van der Waals surface area (Å²) in [6.07, 6.45) is 0. The Morgan fingerprint density at radius 1 is 0.607 bits per heavy atom. The zero-order chi connectivity index (χ0) is 20.0. The fourth-order valence-electron chi connectivity index (χ4n) is 2.67. The van der Waals surface area contributed by atoms with E-state index in [9.17, 15) is 0 Å². The van der Waals surface area contributed by atoms with Crippen LogP contribution < -0.4 is 10.6 Å². The van der Waals surface area contributed by atoms with Gasteiger partial charge in [0.2, 0.25) is 0 Å². The molecule has 0 fully saturated rings. The minimum atomic E-state index is -0.833. The molecular weight excluding hydrogens is 348 g/mol. The van der Waals surface area contributed by atoms with E-state index < -0.39 is 5.97 Å². The molecule has 3 N–H and O–H groups in total. The Balaban J connectivity index is 0.000000640. The number of nitrogens with one attached hydrogen (secondary N) is 2. The second-order valence-corrected chi connectivity index (χ2v) is 6.51. The van der Waals surface area contributed by atoms with E-state index in [1.165, 1.54) is 22.3 Å². The molecule has 0 unspecified atom stereocenters. The molecule has 0 saturated carbocycles. The lowest BCUT2D eigenvalue weighted by Gasteiger charge is -2.08. The van der Waals surface area contributed by atoms with Gasteiger partial charge >= 0.3 is 0 Å². The molecule has 0 aliphatic carbocycles. The second-order valence-electron chi connectivity index (χ2n) is 6.51. The molecule has 3 rings (SSSR count). The Kier molecular flexibility index (Phi) is 9.49. The molecular formula is C24H28N2O2. The van der Waals surface area contributed by atoms with E-state index in [1.807, 2.05) is 12.1 Å². The Hall–Kier alpha value is -2.95.